The topological polar surface area (TPSA) is 71.3 Å². The molecule has 2 atom stereocenters. The number of thiophene rings is 1. The molecular formula is C17H22N4O2S. The number of anilines is 1. The van der Waals surface area contributed by atoms with Gasteiger partial charge in [-0.25, -0.2) is 4.99 Å². The number of allylic oxidation sites excluding steroid dienone is 2. The maximum Gasteiger partial charge on any atom is 0.229 e. The number of aliphatic hydroxyl groups excluding tert-OH is 1. The standard InChI is InChI=1S/C17H22N4O2S/c1-11-10-12-15(21-8-6-20(2)7-9-21)19-17(23)13(18-16(12)24-11)4-3-5-14(17)22/h3-5,10,14,18,22-23H,6-9H2,1-2H3. The summed E-state index contributed by atoms with van der Waals surface area (Å²) in [6.45, 7) is 5.68. The molecule has 2 unspecified atom stereocenters. The van der Waals surface area contributed by atoms with Gasteiger partial charge in [-0.3, -0.25) is 0 Å². The van der Waals surface area contributed by atoms with Crippen molar-refractivity contribution in [2.24, 2.45) is 4.99 Å². The molecule has 0 radical (unpaired) electrons. The minimum atomic E-state index is -1.67. The Labute approximate surface area is 145 Å². The van der Waals surface area contributed by atoms with Crippen LogP contribution in [-0.4, -0.2) is 70.9 Å². The second kappa shape index (κ2) is 5.70. The van der Waals surface area contributed by atoms with Crippen LogP contribution in [0.25, 0.3) is 0 Å². The highest BCUT2D eigenvalue weighted by atomic mass is 32.1. The van der Waals surface area contributed by atoms with Crippen LogP contribution in [0.4, 0.5) is 5.00 Å². The summed E-state index contributed by atoms with van der Waals surface area (Å²) in [4.78, 5) is 10.3. The number of aryl methyl sites for hydroxylation is 1. The van der Waals surface area contributed by atoms with Gasteiger partial charge in [-0.15, -0.1) is 11.3 Å². The Balaban J connectivity index is 1.83. The van der Waals surface area contributed by atoms with E-state index in [0.717, 1.165) is 42.6 Å². The highest BCUT2D eigenvalue weighted by Crippen LogP contribution is 2.38. The van der Waals surface area contributed by atoms with Gasteiger partial charge in [0.05, 0.1) is 11.3 Å². The first kappa shape index (κ1) is 15.8. The average Bonchev–Trinajstić information content (AvgIpc) is 2.86. The number of hydrogen-bond acceptors (Lipinski definition) is 7. The van der Waals surface area contributed by atoms with Crippen LogP contribution < -0.4 is 5.32 Å². The molecular weight excluding hydrogens is 324 g/mol. The molecule has 1 aromatic rings. The third-order valence-electron chi connectivity index (χ3n) is 4.79. The van der Waals surface area contributed by atoms with Crippen LogP contribution in [0.15, 0.2) is 35.0 Å². The van der Waals surface area contributed by atoms with Crippen molar-refractivity contribution in [1.29, 1.82) is 0 Å². The fourth-order valence-electron chi connectivity index (χ4n) is 3.31. The Hall–Kier alpha value is -1.67. The van der Waals surface area contributed by atoms with Crippen molar-refractivity contribution in [3.8, 4) is 0 Å². The van der Waals surface area contributed by atoms with E-state index in [2.05, 4.69) is 40.1 Å². The Morgan fingerprint density at radius 2 is 2.08 bits per heavy atom. The van der Waals surface area contributed by atoms with E-state index in [-0.39, 0.29) is 0 Å². The van der Waals surface area contributed by atoms with Crippen LogP contribution in [0, 0.1) is 6.92 Å². The largest absolute Gasteiger partial charge is 0.383 e. The predicted molar refractivity (Wildman–Crippen MR) is 96.5 cm³/mol. The molecule has 0 spiro atoms. The van der Waals surface area contributed by atoms with Crippen LogP contribution >= 0.6 is 11.3 Å². The normalized spacial score (nSPS) is 30.0. The summed E-state index contributed by atoms with van der Waals surface area (Å²) in [6.07, 6.45) is 4.03. The van der Waals surface area contributed by atoms with Crippen molar-refractivity contribution in [2.75, 3.05) is 38.5 Å². The van der Waals surface area contributed by atoms with Gasteiger partial charge < -0.3 is 25.3 Å². The molecule has 0 amide bonds. The lowest BCUT2D eigenvalue weighted by atomic mass is 9.98. The Morgan fingerprint density at radius 1 is 1.33 bits per heavy atom. The van der Waals surface area contributed by atoms with Crippen LogP contribution in [0.1, 0.15) is 10.4 Å². The van der Waals surface area contributed by atoms with Gasteiger partial charge in [0.25, 0.3) is 0 Å². The molecule has 1 aromatic heterocycles. The van der Waals surface area contributed by atoms with Crippen LogP contribution in [0.2, 0.25) is 0 Å². The van der Waals surface area contributed by atoms with Gasteiger partial charge in [-0.1, -0.05) is 12.2 Å². The van der Waals surface area contributed by atoms with Gasteiger partial charge in [0.2, 0.25) is 5.72 Å². The Kier molecular flexibility index (Phi) is 3.76. The van der Waals surface area contributed by atoms with E-state index in [1.807, 2.05) is 0 Å². The lowest BCUT2D eigenvalue weighted by molar-refractivity contribution is -0.0173. The van der Waals surface area contributed by atoms with E-state index in [1.54, 1.807) is 29.6 Å². The van der Waals surface area contributed by atoms with Gasteiger partial charge in [0.1, 0.15) is 16.9 Å². The number of rotatable bonds is 0. The van der Waals surface area contributed by atoms with E-state index >= 15 is 0 Å². The van der Waals surface area contributed by atoms with Gasteiger partial charge in [0, 0.05) is 31.1 Å². The summed E-state index contributed by atoms with van der Waals surface area (Å²) in [5.41, 5.74) is -0.150. The number of amidine groups is 1. The second-order valence-electron chi connectivity index (χ2n) is 6.59. The summed E-state index contributed by atoms with van der Waals surface area (Å²) in [6, 6.07) is 2.10. The van der Waals surface area contributed by atoms with E-state index < -0.39 is 11.8 Å². The first-order valence-electron chi connectivity index (χ1n) is 8.18. The van der Waals surface area contributed by atoms with Crippen molar-refractivity contribution in [3.05, 3.63) is 40.4 Å². The molecule has 128 valence electrons. The first-order valence-corrected chi connectivity index (χ1v) is 8.99. The summed E-state index contributed by atoms with van der Waals surface area (Å²) >= 11 is 1.64. The van der Waals surface area contributed by atoms with E-state index in [4.69, 9.17) is 0 Å². The summed E-state index contributed by atoms with van der Waals surface area (Å²) in [5, 5.41) is 25.7. The van der Waals surface area contributed by atoms with Crippen LogP contribution in [0.3, 0.4) is 0 Å². The van der Waals surface area contributed by atoms with Crippen molar-refractivity contribution in [3.63, 3.8) is 0 Å². The van der Waals surface area contributed by atoms with Gasteiger partial charge >= 0.3 is 0 Å². The number of fused-ring (bicyclic) bond motifs is 2. The maximum absolute atomic E-state index is 11.1. The highest BCUT2D eigenvalue weighted by molar-refractivity contribution is 7.16. The van der Waals surface area contributed by atoms with E-state index in [1.165, 1.54) is 4.88 Å². The van der Waals surface area contributed by atoms with Crippen molar-refractivity contribution < 1.29 is 10.2 Å². The molecule has 2 aliphatic heterocycles. The number of hydrogen-bond donors (Lipinski definition) is 3. The molecule has 0 saturated carbocycles. The minimum absolute atomic E-state index is 0.518. The van der Waals surface area contributed by atoms with Crippen LogP contribution in [-0.2, 0) is 0 Å². The second-order valence-corrected chi connectivity index (χ2v) is 7.84. The minimum Gasteiger partial charge on any atom is -0.383 e. The maximum atomic E-state index is 11.1. The van der Waals surface area contributed by atoms with E-state index in [0.29, 0.717) is 5.70 Å². The zero-order valence-corrected chi connectivity index (χ0v) is 14.7. The molecule has 1 saturated heterocycles. The number of nitrogens with one attached hydrogen (secondary N) is 1. The smallest absolute Gasteiger partial charge is 0.229 e. The number of likely N-dealkylation sites (N-methyl/N-ethyl adjacent to an activating group) is 1. The van der Waals surface area contributed by atoms with Gasteiger partial charge in [-0.05, 0) is 26.1 Å². The fourth-order valence-corrected chi connectivity index (χ4v) is 4.23. The molecule has 0 bridgehead atoms. The number of nitrogens with zero attached hydrogens (tertiary/aromatic N) is 3. The molecule has 24 heavy (non-hydrogen) atoms. The van der Waals surface area contributed by atoms with Gasteiger partial charge in [0.15, 0.2) is 0 Å². The molecule has 6 nitrogen and oxygen atoms in total. The average molecular weight is 346 g/mol. The Bertz CT molecular complexity index is 746. The van der Waals surface area contributed by atoms with Gasteiger partial charge in [-0.2, -0.15) is 0 Å². The molecule has 3 heterocycles. The first-order chi connectivity index (χ1) is 11.5. The molecule has 1 fully saturated rings. The molecule has 0 aromatic carbocycles. The third-order valence-corrected chi connectivity index (χ3v) is 5.75. The predicted octanol–water partition coefficient (Wildman–Crippen LogP) is 0.979. The zero-order valence-electron chi connectivity index (χ0n) is 13.9. The number of aliphatic imine (C=N–C) groups is 1. The quantitative estimate of drug-likeness (QED) is 0.653. The molecule has 7 heteroatoms. The lowest BCUT2D eigenvalue weighted by Crippen LogP contribution is -2.50. The summed E-state index contributed by atoms with van der Waals surface area (Å²) < 4.78 is 0. The number of piperazine rings is 1. The van der Waals surface area contributed by atoms with E-state index in [9.17, 15) is 10.2 Å². The zero-order chi connectivity index (χ0) is 16.9. The summed E-state index contributed by atoms with van der Waals surface area (Å²) in [5.74, 6) is 0.759. The molecule has 3 aliphatic rings. The third kappa shape index (κ3) is 2.48. The Morgan fingerprint density at radius 3 is 2.83 bits per heavy atom. The fraction of sp³-hybridized carbons (Fsp3) is 0.471. The lowest BCUT2D eigenvalue weighted by Gasteiger charge is -2.36. The SMILES string of the molecule is Cc1cc2c(s1)NC1=CC=CC(O)C1(O)N=C2N1CCN(C)CC1. The van der Waals surface area contributed by atoms with Crippen molar-refractivity contribution in [2.45, 2.75) is 18.8 Å². The van der Waals surface area contributed by atoms with Crippen molar-refractivity contribution >= 4 is 22.2 Å². The van der Waals surface area contributed by atoms with Crippen molar-refractivity contribution in [1.82, 2.24) is 9.80 Å². The number of aliphatic hydroxyl groups is 2. The van der Waals surface area contributed by atoms with Crippen LogP contribution in [0.5, 0.6) is 0 Å². The summed E-state index contributed by atoms with van der Waals surface area (Å²) in [7, 11) is 2.11. The highest BCUT2D eigenvalue weighted by Gasteiger charge is 2.43. The monoisotopic (exact) mass is 346 g/mol. The molecule has 3 N–H and O–H groups in total. The molecule has 4 rings (SSSR count). The molecule has 1 aliphatic carbocycles.